The Morgan fingerprint density at radius 3 is 2.11 bits per heavy atom. The van der Waals surface area contributed by atoms with Crippen LogP contribution in [-0.4, -0.2) is 65.0 Å². The van der Waals surface area contributed by atoms with Gasteiger partial charge in [-0.3, -0.25) is 14.5 Å². The Hall–Kier alpha value is -1.14. The number of piperazine rings is 1. The van der Waals surface area contributed by atoms with Crippen molar-refractivity contribution in [2.24, 2.45) is 11.7 Å². The van der Waals surface area contributed by atoms with Crippen molar-refractivity contribution in [3.8, 4) is 0 Å². The van der Waals surface area contributed by atoms with Gasteiger partial charge in [-0.2, -0.15) is 0 Å². The zero-order valence-corrected chi connectivity index (χ0v) is 12.0. The SMILES string of the molecule is CC(C)C[C@@H](N)C(=O)N1CCN(C(C)C(=O)O)CC1. The fourth-order valence-electron chi connectivity index (χ4n) is 2.33. The topological polar surface area (TPSA) is 86.9 Å². The average molecular weight is 271 g/mol. The number of carboxylic acid groups (broad SMARTS) is 1. The molecule has 0 aliphatic carbocycles. The van der Waals surface area contributed by atoms with E-state index >= 15 is 0 Å². The smallest absolute Gasteiger partial charge is 0.320 e. The number of carboxylic acids is 1. The Morgan fingerprint density at radius 1 is 1.16 bits per heavy atom. The van der Waals surface area contributed by atoms with E-state index in [2.05, 4.69) is 0 Å². The van der Waals surface area contributed by atoms with E-state index in [1.165, 1.54) is 0 Å². The molecule has 0 saturated carbocycles. The molecular weight excluding hydrogens is 246 g/mol. The monoisotopic (exact) mass is 271 g/mol. The Bertz CT molecular complexity index is 325. The first-order chi connectivity index (χ1) is 8.82. The van der Waals surface area contributed by atoms with Crippen LogP contribution in [0, 0.1) is 5.92 Å². The van der Waals surface area contributed by atoms with Crippen LogP contribution in [0.3, 0.4) is 0 Å². The summed E-state index contributed by atoms with van der Waals surface area (Å²) in [5.74, 6) is -0.445. The number of hydrogen-bond acceptors (Lipinski definition) is 4. The van der Waals surface area contributed by atoms with Crippen LogP contribution >= 0.6 is 0 Å². The van der Waals surface area contributed by atoms with Crippen LogP contribution in [-0.2, 0) is 9.59 Å². The second-order valence-corrected chi connectivity index (χ2v) is 5.61. The van der Waals surface area contributed by atoms with E-state index in [9.17, 15) is 9.59 Å². The van der Waals surface area contributed by atoms with Gasteiger partial charge < -0.3 is 15.7 Å². The van der Waals surface area contributed by atoms with Crippen LogP contribution in [0.2, 0.25) is 0 Å². The lowest BCUT2D eigenvalue weighted by atomic mass is 10.0. The number of aliphatic carboxylic acids is 1. The predicted molar refractivity (Wildman–Crippen MR) is 72.7 cm³/mol. The second-order valence-electron chi connectivity index (χ2n) is 5.61. The minimum atomic E-state index is -0.823. The normalized spacial score (nSPS) is 20.4. The van der Waals surface area contributed by atoms with Crippen molar-refractivity contribution in [2.75, 3.05) is 26.2 Å². The Morgan fingerprint density at radius 2 is 1.68 bits per heavy atom. The van der Waals surface area contributed by atoms with Crippen molar-refractivity contribution in [3.05, 3.63) is 0 Å². The number of amides is 1. The van der Waals surface area contributed by atoms with Crippen LogP contribution in [0.25, 0.3) is 0 Å². The van der Waals surface area contributed by atoms with Gasteiger partial charge in [0.25, 0.3) is 0 Å². The summed E-state index contributed by atoms with van der Waals surface area (Å²) in [4.78, 5) is 26.6. The number of nitrogens with zero attached hydrogens (tertiary/aromatic N) is 2. The van der Waals surface area contributed by atoms with E-state index < -0.39 is 18.1 Å². The summed E-state index contributed by atoms with van der Waals surface area (Å²) in [5, 5.41) is 8.95. The Kier molecular flexibility index (Phi) is 5.75. The number of hydrogen-bond donors (Lipinski definition) is 2. The first kappa shape index (κ1) is 15.9. The highest BCUT2D eigenvalue weighted by Gasteiger charge is 2.29. The van der Waals surface area contributed by atoms with Gasteiger partial charge in [0.1, 0.15) is 6.04 Å². The standard InChI is InChI=1S/C13H25N3O3/c1-9(2)8-11(14)12(17)16-6-4-15(5-7-16)10(3)13(18)19/h9-11H,4-8,14H2,1-3H3,(H,18,19)/t10?,11-/m1/s1. The molecule has 0 radical (unpaired) electrons. The van der Waals surface area contributed by atoms with Gasteiger partial charge >= 0.3 is 5.97 Å². The molecule has 6 heteroatoms. The van der Waals surface area contributed by atoms with Gasteiger partial charge in [-0.1, -0.05) is 13.8 Å². The van der Waals surface area contributed by atoms with Gasteiger partial charge in [0.15, 0.2) is 0 Å². The fourth-order valence-corrected chi connectivity index (χ4v) is 2.33. The molecule has 0 bridgehead atoms. The Labute approximate surface area is 114 Å². The molecule has 1 unspecified atom stereocenters. The van der Waals surface area contributed by atoms with Crippen LogP contribution < -0.4 is 5.73 Å². The lowest BCUT2D eigenvalue weighted by Crippen LogP contribution is -2.56. The predicted octanol–water partition coefficient (Wildman–Crippen LogP) is -0.0229. The maximum absolute atomic E-state index is 12.1. The summed E-state index contributed by atoms with van der Waals surface area (Å²) in [6.07, 6.45) is 0.685. The van der Waals surface area contributed by atoms with Crippen LogP contribution in [0.5, 0.6) is 0 Å². The summed E-state index contributed by atoms with van der Waals surface area (Å²) in [7, 11) is 0. The zero-order valence-electron chi connectivity index (χ0n) is 12.0. The van der Waals surface area contributed by atoms with Crippen LogP contribution in [0.15, 0.2) is 0 Å². The second kappa shape index (κ2) is 6.86. The van der Waals surface area contributed by atoms with Crippen LogP contribution in [0.4, 0.5) is 0 Å². The summed E-state index contributed by atoms with van der Waals surface area (Å²) >= 11 is 0. The largest absolute Gasteiger partial charge is 0.480 e. The molecule has 19 heavy (non-hydrogen) atoms. The molecule has 110 valence electrons. The molecule has 0 aromatic carbocycles. The zero-order chi connectivity index (χ0) is 14.6. The average Bonchev–Trinajstić information content (AvgIpc) is 2.36. The number of nitrogens with two attached hydrogens (primary N) is 1. The van der Waals surface area contributed by atoms with Crippen molar-refractivity contribution in [1.29, 1.82) is 0 Å². The molecule has 1 fully saturated rings. The third-order valence-electron chi connectivity index (χ3n) is 3.57. The van der Waals surface area contributed by atoms with E-state index in [1.54, 1.807) is 11.8 Å². The third-order valence-corrected chi connectivity index (χ3v) is 3.57. The van der Waals surface area contributed by atoms with E-state index in [0.717, 1.165) is 0 Å². The highest BCUT2D eigenvalue weighted by Crippen LogP contribution is 2.10. The molecule has 0 spiro atoms. The first-order valence-corrected chi connectivity index (χ1v) is 6.84. The maximum atomic E-state index is 12.1. The lowest BCUT2D eigenvalue weighted by molar-refractivity contribution is -0.144. The minimum absolute atomic E-state index is 0.0173. The van der Waals surface area contributed by atoms with Crippen molar-refractivity contribution in [1.82, 2.24) is 9.80 Å². The van der Waals surface area contributed by atoms with Gasteiger partial charge in [-0.25, -0.2) is 0 Å². The number of carbonyl (C=O) groups is 2. The first-order valence-electron chi connectivity index (χ1n) is 6.84. The highest BCUT2D eigenvalue weighted by molar-refractivity contribution is 5.81. The van der Waals surface area contributed by atoms with E-state index in [0.29, 0.717) is 38.5 Å². The minimum Gasteiger partial charge on any atom is -0.480 e. The molecule has 1 aliphatic heterocycles. The maximum Gasteiger partial charge on any atom is 0.320 e. The van der Waals surface area contributed by atoms with Crippen LogP contribution in [0.1, 0.15) is 27.2 Å². The van der Waals surface area contributed by atoms with E-state index in [4.69, 9.17) is 10.8 Å². The molecule has 0 aromatic heterocycles. The van der Waals surface area contributed by atoms with E-state index in [-0.39, 0.29) is 5.91 Å². The number of carbonyl (C=O) groups excluding carboxylic acids is 1. The summed E-state index contributed by atoms with van der Waals surface area (Å²) < 4.78 is 0. The fraction of sp³-hybridized carbons (Fsp3) is 0.846. The van der Waals surface area contributed by atoms with E-state index in [1.807, 2.05) is 18.7 Å². The molecule has 3 N–H and O–H groups in total. The van der Waals surface area contributed by atoms with Crippen molar-refractivity contribution >= 4 is 11.9 Å². The van der Waals surface area contributed by atoms with Gasteiger partial charge in [0.05, 0.1) is 6.04 Å². The van der Waals surface area contributed by atoms with Gasteiger partial charge in [0.2, 0.25) is 5.91 Å². The van der Waals surface area contributed by atoms with Crippen molar-refractivity contribution < 1.29 is 14.7 Å². The molecule has 6 nitrogen and oxygen atoms in total. The molecule has 0 aromatic rings. The Balaban J connectivity index is 2.45. The summed E-state index contributed by atoms with van der Waals surface area (Å²) in [5.41, 5.74) is 5.89. The summed E-state index contributed by atoms with van der Waals surface area (Å²) in [6, 6.07) is -0.940. The lowest BCUT2D eigenvalue weighted by Gasteiger charge is -2.37. The molecule has 1 aliphatic rings. The van der Waals surface area contributed by atoms with Crippen molar-refractivity contribution in [3.63, 3.8) is 0 Å². The summed E-state index contributed by atoms with van der Waals surface area (Å²) in [6.45, 7) is 8.05. The van der Waals surface area contributed by atoms with Gasteiger partial charge in [0, 0.05) is 26.2 Å². The molecule has 1 amide bonds. The van der Waals surface area contributed by atoms with Gasteiger partial charge in [-0.05, 0) is 19.3 Å². The quantitative estimate of drug-likeness (QED) is 0.733. The highest BCUT2D eigenvalue weighted by atomic mass is 16.4. The number of rotatable bonds is 5. The third kappa shape index (κ3) is 4.47. The molecular formula is C13H25N3O3. The molecule has 2 atom stereocenters. The van der Waals surface area contributed by atoms with Gasteiger partial charge in [-0.15, -0.1) is 0 Å². The van der Waals surface area contributed by atoms with Crippen molar-refractivity contribution in [2.45, 2.75) is 39.3 Å². The molecule has 1 heterocycles. The molecule has 1 saturated heterocycles. The molecule has 1 rings (SSSR count).